The van der Waals surface area contributed by atoms with Crippen LogP contribution in [0.4, 0.5) is 4.79 Å². The molecule has 1 N–H and O–H groups in total. The number of carboxylic acid groups (broad SMARTS) is 1. The molecule has 0 aromatic carbocycles. The minimum Gasteiger partial charge on any atom is -0.480 e. The normalized spacial score (nSPS) is 20.8. The summed E-state index contributed by atoms with van der Waals surface area (Å²) in [5.41, 5.74) is -0.525. The van der Waals surface area contributed by atoms with Crippen LogP contribution in [0.3, 0.4) is 0 Å². The minimum absolute atomic E-state index is 0.00927. The van der Waals surface area contributed by atoms with Gasteiger partial charge in [0.15, 0.2) is 0 Å². The number of carboxylic acids is 1. The van der Waals surface area contributed by atoms with Crippen LogP contribution in [-0.4, -0.2) is 88.8 Å². The lowest BCUT2D eigenvalue weighted by Gasteiger charge is -2.46. The summed E-state index contributed by atoms with van der Waals surface area (Å²) in [5, 5.41) is 9.03. The lowest BCUT2D eigenvalue weighted by molar-refractivity contribution is -0.140. The molecule has 7 heteroatoms. The molecule has 28 heavy (non-hydrogen) atoms. The highest BCUT2D eigenvalue weighted by molar-refractivity contribution is 5.70. The number of piperazine rings is 1. The summed E-state index contributed by atoms with van der Waals surface area (Å²) in [6.07, 6.45) is -0.323. The fraction of sp³-hybridized carbons (Fsp3) is 0.905. The number of ether oxygens (including phenoxy) is 1. The van der Waals surface area contributed by atoms with Crippen LogP contribution in [-0.2, 0) is 9.53 Å². The molecule has 0 saturated carbocycles. The average Bonchev–Trinajstić information content (AvgIpc) is 2.54. The molecule has 0 radical (unpaired) electrons. The Morgan fingerprint density at radius 1 is 1.11 bits per heavy atom. The zero-order valence-electron chi connectivity index (χ0n) is 19.5. The third kappa shape index (κ3) is 9.73. The predicted octanol–water partition coefficient (Wildman–Crippen LogP) is 3.38. The van der Waals surface area contributed by atoms with E-state index in [0.29, 0.717) is 13.1 Å². The van der Waals surface area contributed by atoms with E-state index < -0.39 is 11.6 Å². The van der Waals surface area contributed by atoms with Gasteiger partial charge in [0.1, 0.15) is 5.60 Å². The molecule has 7 nitrogen and oxygen atoms in total. The molecule has 1 amide bonds. The molecule has 1 aliphatic heterocycles. The molecule has 0 aromatic heterocycles. The fourth-order valence-corrected chi connectivity index (χ4v) is 3.30. The van der Waals surface area contributed by atoms with Crippen LogP contribution >= 0.6 is 0 Å². The number of rotatable bonds is 6. The topological polar surface area (TPSA) is 73.3 Å². The molecule has 0 aromatic rings. The molecule has 1 fully saturated rings. The molecule has 0 bridgehead atoms. The van der Waals surface area contributed by atoms with Crippen LogP contribution in [0.15, 0.2) is 0 Å². The van der Waals surface area contributed by atoms with E-state index in [4.69, 9.17) is 9.84 Å². The van der Waals surface area contributed by atoms with Gasteiger partial charge in [-0.25, -0.2) is 4.79 Å². The van der Waals surface area contributed by atoms with Crippen molar-refractivity contribution in [2.45, 2.75) is 80.0 Å². The van der Waals surface area contributed by atoms with Gasteiger partial charge in [0.2, 0.25) is 0 Å². The largest absolute Gasteiger partial charge is 0.480 e. The second-order valence-corrected chi connectivity index (χ2v) is 8.74. The first-order chi connectivity index (χ1) is 12.9. The van der Waals surface area contributed by atoms with E-state index in [9.17, 15) is 9.59 Å². The number of carbonyl (C=O) groups is 2. The molecule has 2 atom stereocenters. The van der Waals surface area contributed by atoms with Crippen molar-refractivity contribution in [1.29, 1.82) is 0 Å². The van der Waals surface area contributed by atoms with E-state index in [2.05, 4.69) is 25.7 Å². The van der Waals surface area contributed by atoms with E-state index in [-0.39, 0.29) is 30.6 Å². The Balaban J connectivity index is 0.000000887. The third-order valence-corrected chi connectivity index (χ3v) is 4.96. The second kappa shape index (κ2) is 12.3. The average molecular weight is 402 g/mol. The lowest BCUT2D eigenvalue weighted by atomic mass is 9.97. The van der Waals surface area contributed by atoms with Gasteiger partial charge in [0.05, 0.1) is 6.54 Å². The van der Waals surface area contributed by atoms with Crippen LogP contribution in [0, 0.1) is 5.92 Å². The van der Waals surface area contributed by atoms with Crippen LogP contribution in [0.2, 0.25) is 0 Å². The highest BCUT2D eigenvalue weighted by atomic mass is 16.6. The Morgan fingerprint density at radius 2 is 1.61 bits per heavy atom. The quantitative estimate of drug-likeness (QED) is 0.735. The molecular weight excluding hydrogens is 358 g/mol. The smallest absolute Gasteiger partial charge is 0.410 e. The summed E-state index contributed by atoms with van der Waals surface area (Å²) in [7, 11) is 0. The molecule has 166 valence electrons. The molecular formula is C21H43N3O4. The lowest BCUT2D eigenvalue weighted by Crippen LogP contribution is -2.61. The Labute approximate surface area is 172 Å². The second-order valence-electron chi connectivity index (χ2n) is 8.74. The van der Waals surface area contributed by atoms with E-state index in [1.807, 2.05) is 46.4 Å². The fourth-order valence-electron chi connectivity index (χ4n) is 3.30. The minimum atomic E-state index is -0.835. The Kier molecular flexibility index (Phi) is 11.7. The van der Waals surface area contributed by atoms with E-state index in [1.165, 1.54) is 19.6 Å². The molecule has 0 aliphatic carbocycles. The van der Waals surface area contributed by atoms with Gasteiger partial charge in [-0.2, -0.15) is 0 Å². The Bertz CT molecular complexity index is 467. The van der Waals surface area contributed by atoms with Gasteiger partial charge in [-0.3, -0.25) is 9.69 Å². The summed E-state index contributed by atoms with van der Waals surface area (Å²) in [6, 6.07) is -0.0287. The highest BCUT2D eigenvalue weighted by Crippen LogP contribution is 2.22. The summed E-state index contributed by atoms with van der Waals surface area (Å²) in [6.45, 7) is 22.7. The first-order valence-corrected chi connectivity index (χ1v) is 10.5. The van der Waals surface area contributed by atoms with Crippen molar-refractivity contribution in [3.63, 3.8) is 0 Å². The highest BCUT2D eigenvalue weighted by Gasteiger charge is 2.38. The Hall–Kier alpha value is -1.34. The SMILES string of the molecule is CC(C)[C@H]1CN(C(=O)OC(C)(C)C)[C@H](C)CN1CC(=O)O.CCN(CC)CC. The number of aliphatic carboxylic acids is 1. The number of hydrogen-bond acceptors (Lipinski definition) is 5. The maximum absolute atomic E-state index is 12.3. The van der Waals surface area contributed by atoms with Gasteiger partial charge in [-0.1, -0.05) is 34.6 Å². The Morgan fingerprint density at radius 3 is 1.93 bits per heavy atom. The van der Waals surface area contributed by atoms with Crippen molar-refractivity contribution in [2.24, 2.45) is 5.92 Å². The summed E-state index contributed by atoms with van der Waals surface area (Å²) in [4.78, 5) is 29.3. The third-order valence-electron chi connectivity index (χ3n) is 4.96. The van der Waals surface area contributed by atoms with Gasteiger partial charge in [-0.15, -0.1) is 0 Å². The van der Waals surface area contributed by atoms with Crippen LogP contribution in [0.1, 0.15) is 62.3 Å². The monoisotopic (exact) mass is 401 g/mol. The van der Waals surface area contributed by atoms with Crippen molar-refractivity contribution < 1.29 is 19.4 Å². The maximum Gasteiger partial charge on any atom is 0.410 e. The van der Waals surface area contributed by atoms with Crippen LogP contribution in [0.5, 0.6) is 0 Å². The predicted molar refractivity (Wildman–Crippen MR) is 114 cm³/mol. The number of hydrogen-bond donors (Lipinski definition) is 1. The number of nitrogens with zero attached hydrogens (tertiary/aromatic N) is 3. The van der Waals surface area contributed by atoms with Crippen molar-refractivity contribution >= 4 is 12.1 Å². The number of carbonyl (C=O) groups excluding carboxylic acids is 1. The number of amides is 1. The zero-order valence-corrected chi connectivity index (χ0v) is 19.5. The van der Waals surface area contributed by atoms with Crippen LogP contribution in [0.25, 0.3) is 0 Å². The van der Waals surface area contributed by atoms with E-state index in [1.54, 1.807) is 4.90 Å². The van der Waals surface area contributed by atoms with Gasteiger partial charge in [0.25, 0.3) is 0 Å². The van der Waals surface area contributed by atoms with Gasteiger partial charge < -0.3 is 19.6 Å². The summed E-state index contributed by atoms with van der Waals surface area (Å²) >= 11 is 0. The summed E-state index contributed by atoms with van der Waals surface area (Å²) in [5.74, 6) is -0.569. The first-order valence-electron chi connectivity index (χ1n) is 10.5. The van der Waals surface area contributed by atoms with Gasteiger partial charge in [-0.05, 0) is 53.2 Å². The molecule has 1 heterocycles. The summed E-state index contributed by atoms with van der Waals surface area (Å²) < 4.78 is 5.44. The zero-order chi connectivity index (χ0) is 22.1. The maximum atomic E-state index is 12.3. The molecule has 1 rings (SSSR count). The molecule has 0 unspecified atom stereocenters. The van der Waals surface area contributed by atoms with E-state index >= 15 is 0 Å². The molecule has 1 saturated heterocycles. The standard InChI is InChI=1S/C15H28N2O4.C6H15N/c1-10(2)12-8-17(14(20)21-15(4,5)6)11(3)7-16(12)9-13(18)19;1-4-7(5-2)6-3/h10-12H,7-9H2,1-6H3,(H,18,19);4-6H2,1-3H3/t11-,12-;/m1./s1. The first kappa shape index (κ1) is 26.7. The van der Waals surface area contributed by atoms with E-state index in [0.717, 1.165) is 0 Å². The van der Waals surface area contributed by atoms with Crippen molar-refractivity contribution in [2.75, 3.05) is 39.3 Å². The van der Waals surface area contributed by atoms with Gasteiger partial charge in [0, 0.05) is 25.2 Å². The van der Waals surface area contributed by atoms with Crippen molar-refractivity contribution in [3.05, 3.63) is 0 Å². The van der Waals surface area contributed by atoms with Gasteiger partial charge >= 0.3 is 12.1 Å². The van der Waals surface area contributed by atoms with Crippen molar-refractivity contribution in [1.82, 2.24) is 14.7 Å². The molecule has 1 aliphatic rings. The van der Waals surface area contributed by atoms with Crippen LogP contribution < -0.4 is 0 Å². The molecule has 0 spiro atoms. The van der Waals surface area contributed by atoms with Crippen molar-refractivity contribution in [3.8, 4) is 0 Å².